The van der Waals surface area contributed by atoms with Crippen molar-refractivity contribution in [1.82, 2.24) is 9.88 Å². The summed E-state index contributed by atoms with van der Waals surface area (Å²) < 4.78 is 36.9. The summed E-state index contributed by atoms with van der Waals surface area (Å²) in [5.41, 5.74) is 8.27. The van der Waals surface area contributed by atoms with Crippen LogP contribution in [0, 0.1) is 6.92 Å². The standard InChI is InChI=1S/C13H18F3N3/c1-9-6-11(17)7-18-12(9)10-2-4-19(5-3-10)8-13(14,15)16/h6-7,10H,2-5,8,17H2,1H3. The molecule has 0 atom stereocenters. The molecule has 0 saturated carbocycles. The van der Waals surface area contributed by atoms with E-state index in [0.717, 1.165) is 11.3 Å². The van der Waals surface area contributed by atoms with Gasteiger partial charge >= 0.3 is 6.18 Å². The smallest absolute Gasteiger partial charge is 0.397 e. The van der Waals surface area contributed by atoms with Crippen molar-refractivity contribution >= 4 is 5.69 Å². The molecular weight excluding hydrogens is 255 g/mol. The number of nitrogens with zero attached hydrogens (tertiary/aromatic N) is 2. The van der Waals surface area contributed by atoms with Crippen molar-refractivity contribution in [1.29, 1.82) is 0 Å². The van der Waals surface area contributed by atoms with Gasteiger partial charge in [-0.25, -0.2) is 0 Å². The first-order chi connectivity index (χ1) is 8.85. The second-order valence-corrected chi connectivity index (χ2v) is 5.14. The molecule has 106 valence electrons. The molecule has 0 aliphatic carbocycles. The minimum absolute atomic E-state index is 0.241. The monoisotopic (exact) mass is 273 g/mol. The average molecular weight is 273 g/mol. The van der Waals surface area contributed by atoms with Gasteiger partial charge in [0.15, 0.2) is 0 Å². The van der Waals surface area contributed by atoms with Crippen LogP contribution < -0.4 is 5.73 Å². The number of hydrogen-bond donors (Lipinski definition) is 1. The first-order valence-electron chi connectivity index (χ1n) is 6.36. The van der Waals surface area contributed by atoms with Gasteiger partial charge in [0.05, 0.1) is 18.4 Å². The van der Waals surface area contributed by atoms with E-state index in [0.29, 0.717) is 31.6 Å². The van der Waals surface area contributed by atoms with Crippen LogP contribution in [-0.2, 0) is 0 Å². The van der Waals surface area contributed by atoms with Gasteiger partial charge in [-0.2, -0.15) is 13.2 Å². The molecule has 1 aromatic rings. The van der Waals surface area contributed by atoms with Crippen molar-refractivity contribution in [3.05, 3.63) is 23.5 Å². The summed E-state index contributed by atoms with van der Waals surface area (Å²) in [4.78, 5) is 5.80. The highest BCUT2D eigenvalue weighted by atomic mass is 19.4. The number of halogens is 3. The zero-order valence-corrected chi connectivity index (χ0v) is 10.9. The third-order valence-electron chi connectivity index (χ3n) is 3.52. The summed E-state index contributed by atoms with van der Waals surface area (Å²) >= 11 is 0. The number of anilines is 1. The first kappa shape index (κ1) is 14.1. The Kier molecular flexibility index (Phi) is 3.99. The quantitative estimate of drug-likeness (QED) is 0.901. The molecule has 1 fully saturated rings. The number of nitrogen functional groups attached to an aromatic ring is 1. The molecule has 2 N–H and O–H groups in total. The fourth-order valence-corrected chi connectivity index (χ4v) is 2.65. The second-order valence-electron chi connectivity index (χ2n) is 5.14. The van der Waals surface area contributed by atoms with Crippen LogP contribution in [0.3, 0.4) is 0 Å². The molecule has 0 unspecified atom stereocenters. The van der Waals surface area contributed by atoms with Gasteiger partial charge in [-0.1, -0.05) is 0 Å². The number of nitrogens with two attached hydrogens (primary N) is 1. The number of hydrogen-bond acceptors (Lipinski definition) is 3. The zero-order chi connectivity index (χ0) is 14.0. The lowest BCUT2D eigenvalue weighted by molar-refractivity contribution is -0.147. The van der Waals surface area contributed by atoms with Gasteiger partial charge < -0.3 is 5.73 Å². The molecule has 3 nitrogen and oxygen atoms in total. The fourth-order valence-electron chi connectivity index (χ4n) is 2.65. The number of aromatic nitrogens is 1. The van der Waals surface area contributed by atoms with Crippen LogP contribution in [0.1, 0.15) is 30.0 Å². The molecule has 1 saturated heterocycles. The maximum absolute atomic E-state index is 12.3. The van der Waals surface area contributed by atoms with Crippen molar-refractivity contribution in [2.75, 3.05) is 25.4 Å². The number of aryl methyl sites for hydroxylation is 1. The van der Waals surface area contributed by atoms with Gasteiger partial charge in [-0.3, -0.25) is 9.88 Å². The first-order valence-corrected chi connectivity index (χ1v) is 6.36. The SMILES string of the molecule is Cc1cc(N)cnc1C1CCN(CC(F)(F)F)CC1. The van der Waals surface area contributed by atoms with E-state index in [1.165, 1.54) is 4.90 Å². The van der Waals surface area contributed by atoms with Crippen LogP contribution in [0.25, 0.3) is 0 Å². The van der Waals surface area contributed by atoms with E-state index in [-0.39, 0.29) is 5.92 Å². The normalized spacial score (nSPS) is 18.7. The van der Waals surface area contributed by atoms with Crippen molar-refractivity contribution < 1.29 is 13.2 Å². The van der Waals surface area contributed by atoms with Gasteiger partial charge in [-0.05, 0) is 44.5 Å². The van der Waals surface area contributed by atoms with E-state index in [4.69, 9.17) is 5.73 Å². The Hall–Kier alpha value is -1.30. The lowest BCUT2D eigenvalue weighted by atomic mass is 9.90. The van der Waals surface area contributed by atoms with Gasteiger partial charge in [0, 0.05) is 11.6 Å². The van der Waals surface area contributed by atoms with E-state index in [1.807, 2.05) is 13.0 Å². The number of likely N-dealkylation sites (tertiary alicyclic amines) is 1. The highest BCUT2D eigenvalue weighted by Gasteiger charge is 2.33. The molecule has 1 aromatic heterocycles. The molecule has 6 heteroatoms. The largest absolute Gasteiger partial charge is 0.401 e. The molecule has 1 aliphatic heterocycles. The number of rotatable bonds is 2. The molecule has 2 rings (SSSR count). The Bertz CT molecular complexity index is 437. The molecule has 0 bridgehead atoms. The van der Waals surface area contributed by atoms with Gasteiger partial charge in [0.25, 0.3) is 0 Å². The van der Waals surface area contributed by atoms with Crippen LogP contribution in [0.2, 0.25) is 0 Å². The summed E-state index contributed by atoms with van der Waals surface area (Å²) in [6, 6.07) is 1.87. The molecular formula is C13H18F3N3. The highest BCUT2D eigenvalue weighted by molar-refractivity contribution is 5.40. The van der Waals surface area contributed by atoms with Crippen LogP contribution in [0.4, 0.5) is 18.9 Å². The van der Waals surface area contributed by atoms with Gasteiger partial charge in [0.2, 0.25) is 0 Å². The molecule has 2 heterocycles. The molecule has 0 spiro atoms. The van der Waals surface area contributed by atoms with Crippen molar-refractivity contribution in [3.63, 3.8) is 0 Å². The average Bonchev–Trinajstić information content (AvgIpc) is 2.28. The third-order valence-corrected chi connectivity index (χ3v) is 3.52. The Labute approximate surface area is 110 Å². The maximum atomic E-state index is 12.3. The van der Waals surface area contributed by atoms with E-state index < -0.39 is 12.7 Å². The molecule has 0 amide bonds. The summed E-state index contributed by atoms with van der Waals surface area (Å²) in [6.07, 6.45) is -1.06. The van der Waals surface area contributed by atoms with Crippen LogP contribution in [0.15, 0.2) is 12.3 Å². The Morgan fingerprint density at radius 1 is 1.37 bits per heavy atom. The number of piperidine rings is 1. The van der Waals surface area contributed by atoms with E-state index in [9.17, 15) is 13.2 Å². The van der Waals surface area contributed by atoms with Crippen molar-refractivity contribution in [3.8, 4) is 0 Å². The zero-order valence-electron chi connectivity index (χ0n) is 10.9. The fraction of sp³-hybridized carbons (Fsp3) is 0.615. The summed E-state index contributed by atoms with van der Waals surface area (Å²) in [5.74, 6) is 0.241. The Morgan fingerprint density at radius 3 is 2.53 bits per heavy atom. The number of alkyl halides is 3. The molecule has 0 aromatic carbocycles. The van der Waals surface area contributed by atoms with E-state index >= 15 is 0 Å². The minimum atomic E-state index is -4.11. The van der Waals surface area contributed by atoms with E-state index in [1.54, 1.807) is 6.20 Å². The van der Waals surface area contributed by atoms with Gasteiger partial charge in [0.1, 0.15) is 0 Å². The lowest BCUT2D eigenvalue weighted by Gasteiger charge is -2.32. The second kappa shape index (κ2) is 5.36. The highest BCUT2D eigenvalue weighted by Crippen LogP contribution is 2.30. The topological polar surface area (TPSA) is 42.1 Å². The predicted octanol–water partition coefficient (Wildman–Crippen LogP) is 2.71. The molecule has 19 heavy (non-hydrogen) atoms. The summed E-state index contributed by atoms with van der Waals surface area (Å²) in [6.45, 7) is 2.07. The summed E-state index contributed by atoms with van der Waals surface area (Å²) in [5, 5.41) is 0. The van der Waals surface area contributed by atoms with Crippen molar-refractivity contribution in [2.24, 2.45) is 0 Å². The van der Waals surface area contributed by atoms with Crippen LogP contribution >= 0.6 is 0 Å². The number of pyridine rings is 1. The molecule has 1 aliphatic rings. The Balaban J connectivity index is 1.96. The predicted molar refractivity (Wildman–Crippen MR) is 67.9 cm³/mol. The Morgan fingerprint density at radius 2 is 2.00 bits per heavy atom. The minimum Gasteiger partial charge on any atom is -0.397 e. The molecule has 0 radical (unpaired) electrons. The summed E-state index contributed by atoms with van der Waals surface area (Å²) in [7, 11) is 0. The van der Waals surface area contributed by atoms with Crippen molar-refractivity contribution in [2.45, 2.75) is 31.9 Å². The van der Waals surface area contributed by atoms with Crippen LogP contribution in [0.5, 0.6) is 0 Å². The third kappa shape index (κ3) is 3.83. The van der Waals surface area contributed by atoms with E-state index in [2.05, 4.69) is 4.98 Å². The maximum Gasteiger partial charge on any atom is 0.401 e. The van der Waals surface area contributed by atoms with Crippen LogP contribution in [-0.4, -0.2) is 35.7 Å². The van der Waals surface area contributed by atoms with Gasteiger partial charge in [-0.15, -0.1) is 0 Å². The lowest BCUT2D eigenvalue weighted by Crippen LogP contribution is -2.39.